The Morgan fingerprint density at radius 2 is 1.75 bits per heavy atom. The minimum absolute atomic E-state index is 0. The van der Waals surface area contributed by atoms with Gasteiger partial charge in [-0.1, -0.05) is 24.3 Å². The fraction of sp³-hybridized carbons (Fsp3) is 0.500. The topological polar surface area (TPSA) is 29.5 Å². The molecule has 84 valence electrons. The van der Waals surface area contributed by atoms with Crippen LogP contribution in [0.5, 0.6) is 0 Å². The largest absolute Gasteiger partial charge is 1.00 e. The van der Waals surface area contributed by atoms with Crippen LogP contribution in [0.3, 0.4) is 0 Å². The Morgan fingerprint density at radius 3 is 2.25 bits per heavy atom. The average Bonchev–Trinajstić information content (AvgIpc) is 2.16. The number of aryl methyl sites for hydroxylation is 1. The van der Waals surface area contributed by atoms with Crippen molar-refractivity contribution in [1.29, 1.82) is 0 Å². The predicted octanol–water partition coefficient (Wildman–Crippen LogP) is -2.19. The van der Waals surface area contributed by atoms with Crippen molar-refractivity contribution in [3.8, 4) is 0 Å². The molecule has 0 spiro atoms. The molecule has 0 heterocycles. The van der Waals surface area contributed by atoms with Crippen molar-refractivity contribution >= 4 is 0 Å². The zero-order valence-electron chi connectivity index (χ0n) is 10.9. The van der Waals surface area contributed by atoms with Gasteiger partial charge < -0.3 is 10.0 Å². The monoisotopic (exact) mass is 214 g/mol. The first-order valence-corrected chi connectivity index (χ1v) is 5.08. The Kier molecular flexibility index (Phi) is 6.97. The molecule has 16 heavy (non-hydrogen) atoms. The molecule has 0 bridgehead atoms. The molecule has 4 heteroatoms. The molecule has 1 unspecified atom stereocenters. The number of hydrogen-bond donors (Lipinski definition) is 0. The summed E-state index contributed by atoms with van der Waals surface area (Å²) in [5, 5.41) is 12.1. The van der Waals surface area contributed by atoms with Gasteiger partial charge in [0.1, 0.15) is 0 Å². The first-order chi connectivity index (χ1) is 7.02. The summed E-state index contributed by atoms with van der Waals surface area (Å²) in [6.07, 6.45) is -0.784. The Balaban J connectivity index is 0.00000225. The van der Waals surface area contributed by atoms with Gasteiger partial charge in [-0.3, -0.25) is 4.90 Å². The van der Waals surface area contributed by atoms with Gasteiger partial charge in [-0.05, 0) is 45.4 Å². The summed E-state index contributed by atoms with van der Waals surface area (Å²) in [6.45, 7) is 2.65. The maximum atomic E-state index is 12.1. The first kappa shape index (κ1) is 15.7. The summed E-state index contributed by atoms with van der Waals surface area (Å²) in [5.41, 5.74) is 1.92. The van der Waals surface area contributed by atoms with Crippen LogP contribution < -0.4 is 24.0 Å². The van der Waals surface area contributed by atoms with Gasteiger partial charge >= 0.3 is 18.9 Å². The normalized spacial score (nSPS) is 12.7. The van der Waals surface area contributed by atoms with Crippen LogP contribution in [-0.2, 0) is 0 Å². The van der Waals surface area contributed by atoms with Crippen LogP contribution in [0.4, 0.5) is 0 Å². The number of nitrogens with zero attached hydrogens (tertiary/aromatic N) is 2. The number of benzene rings is 1. The summed E-state index contributed by atoms with van der Waals surface area (Å²) in [6, 6.07) is 7.75. The molecule has 1 rings (SSSR count). The van der Waals surface area contributed by atoms with Gasteiger partial charge in [0, 0.05) is 6.67 Å². The van der Waals surface area contributed by atoms with E-state index in [4.69, 9.17) is 0 Å². The molecule has 0 fully saturated rings. The Hall–Kier alpha value is -0.303. The van der Waals surface area contributed by atoms with Crippen LogP contribution in [0.25, 0.3) is 0 Å². The van der Waals surface area contributed by atoms with E-state index < -0.39 is 6.23 Å². The third kappa shape index (κ3) is 4.29. The van der Waals surface area contributed by atoms with Crippen molar-refractivity contribution in [3.63, 3.8) is 0 Å². The third-order valence-corrected chi connectivity index (χ3v) is 2.36. The number of hydrogen-bond acceptors (Lipinski definition) is 3. The third-order valence-electron chi connectivity index (χ3n) is 2.36. The second-order valence-corrected chi connectivity index (χ2v) is 4.19. The minimum atomic E-state index is -0.784. The molecule has 0 saturated carbocycles. The average molecular weight is 214 g/mol. The van der Waals surface area contributed by atoms with Crippen molar-refractivity contribution in [2.75, 3.05) is 27.8 Å². The van der Waals surface area contributed by atoms with Crippen molar-refractivity contribution in [2.45, 2.75) is 13.2 Å². The quantitative estimate of drug-likeness (QED) is 0.421. The van der Waals surface area contributed by atoms with Crippen molar-refractivity contribution in [1.82, 2.24) is 9.80 Å². The van der Waals surface area contributed by atoms with E-state index >= 15 is 0 Å². The molecule has 1 atom stereocenters. The molecular formula is C12H19LiN2O. The maximum absolute atomic E-state index is 12.1. The molecule has 3 nitrogen and oxygen atoms in total. The molecule has 1 aromatic rings. The van der Waals surface area contributed by atoms with E-state index in [1.807, 2.05) is 57.2 Å². The predicted molar refractivity (Wildman–Crippen MR) is 60.2 cm³/mol. The zero-order valence-corrected chi connectivity index (χ0v) is 10.9. The van der Waals surface area contributed by atoms with Crippen LogP contribution in [0.2, 0.25) is 0 Å². The molecule has 0 amide bonds. The van der Waals surface area contributed by atoms with Crippen molar-refractivity contribution in [3.05, 3.63) is 35.4 Å². The summed E-state index contributed by atoms with van der Waals surface area (Å²) in [4.78, 5) is 3.78. The van der Waals surface area contributed by atoms with Gasteiger partial charge in [0.15, 0.2) is 0 Å². The van der Waals surface area contributed by atoms with E-state index in [2.05, 4.69) is 0 Å². The van der Waals surface area contributed by atoms with Crippen LogP contribution in [0.15, 0.2) is 24.3 Å². The van der Waals surface area contributed by atoms with Gasteiger partial charge in [0.25, 0.3) is 0 Å². The van der Waals surface area contributed by atoms with Gasteiger partial charge in [0.05, 0.1) is 0 Å². The molecular weight excluding hydrogens is 195 g/mol. The van der Waals surface area contributed by atoms with Gasteiger partial charge in [-0.15, -0.1) is 0 Å². The number of rotatable bonds is 4. The summed E-state index contributed by atoms with van der Waals surface area (Å²) in [5.74, 6) is 0. The van der Waals surface area contributed by atoms with Crippen molar-refractivity contribution in [2.24, 2.45) is 0 Å². The molecule has 0 aliphatic heterocycles. The van der Waals surface area contributed by atoms with E-state index in [0.717, 1.165) is 11.1 Å². The fourth-order valence-electron chi connectivity index (χ4n) is 1.62. The van der Waals surface area contributed by atoms with Crippen molar-refractivity contribution < 1.29 is 24.0 Å². The second kappa shape index (κ2) is 7.11. The molecule has 0 aromatic heterocycles. The summed E-state index contributed by atoms with van der Waals surface area (Å²) < 4.78 is 0. The maximum Gasteiger partial charge on any atom is 1.00 e. The standard InChI is InChI=1S/C12H19N2O.Li/c1-10-7-5-6-8-11(10)12(15)14(4)9-13(2)3;/h5-8,12H,9H2,1-4H3;/q-1;+1. The summed E-state index contributed by atoms with van der Waals surface area (Å²) >= 11 is 0. The summed E-state index contributed by atoms with van der Waals surface area (Å²) in [7, 11) is 5.77. The molecule has 0 radical (unpaired) electrons. The molecule has 0 N–H and O–H groups in total. The zero-order chi connectivity index (χ0) is 11.4. The van der Waals surface area contributed by atoms with Gasteiger partial charge in [-0.25, -0.2) is 0 Å². The van der Waals surface area contributed by atoms with Crippen LogP contribution >= 0.6 is 0 Å². The SMILES string of the molecule is Cc1ccccc1C([O-])N(C)CN(C)C.[Li+]. The van der Waals surface area contributed by atoms with E-state index in [1.165, 1.54) is 0 Å². The molecule has 0 saturated heterocycles. The van der Waals surface area contributed by atoms with E-state index in [-0.39, 0.29) is 18.9 Å². The van der Waals surface area contributed by atoms with Gasteiger partial charge in [0.2, 0.25) is 0 Å². The Bertz CT molecular complexity index is 318. The smallest absolute Gasteiger partial charge is 0.837 e. The van der Waals surface area contributed by atoms with Crippen LogP contribution in [-0.4, -0.2) is 37.6 Å². The Labute approximate surface area is 110 Å². The fourth-order valence-corrected chi connectivity index (χ4v) is 1.62. The van der Waals surface area contributed by atoms with Crippen LogP contribution in [0.1, 0.15) is 17.4 Å². The van der Waals surface area contributed by atoms with Crippen LogP contribution in [0, 0.1) is 6.92 Å². The van der Waals surface area contributed by atoms with E-state index in [1.54, 1.807) is 4.90 Å². The van der Waals surface area contributed by atoms with E-state index in [9.17, 15) is 5.11 Å². The second-order valence-electron chi connectivity index (χ2n) is 4.19. The molecule has 0 aliphatic rings. The van der Waals surface area contributed by atoms with E-state index in [0.29, 0.717) is 6.67 Å². The molecule has 1 aromatic carbocycles. The Morgan fingerprint density at radius 1 is 1.19 bits per heavy atom. The molecule has 0 aliphatic carbocycles. The van der Waals surface area contributed by atoms with Gasteiger partial charge in [-0.2, -0.15) is 0 Å². The minimum Gasteiger partial charge on any atom is -0.837 e. The first-order valence-electron chi connectivity index (χ1n) is 5.08.